The first kappa shape index (κ1) is 21.4. The summed E-state index contributed by atoms with van der Waals surface area (Å²) in [5.41, 5.74) is 1.91. The number of aryl methyl sites for hydroxylation is 1. The summed E-state index contributed by atoms with van der Waals surface area (Å²) in [6, 6.07) is 10.3. The van der Waals surface area contributed by atoms with Gasteiger partial charge in [0, 0.05) is 23.5 Å². The monoisotopic (exact) mass is 442 g/mol. The van der Waals surface area contributed by atoms with Crippen molar-refractivity contribution in [2.45, 2.75) is 19.1 Å². The number of anilines is 2. The first-order chi connectivity index (χ1) is 15.3. The number of aromatic nitrogens is 2. The highest BCUT2D eigenvalue weighted by Gasteiger charge is 2.39. The number of ether oxygens (including phenoxy) is 1. The molecule has 32 heavy (non-hydrogen) atoms. The Hall–Kier alpha value is -3.83. The van der Waals surface area contributed by atoms with Crippen molar-refractivity contribution in [2.75, 3.05) is 23.4 Å². The van der Waals surface area contributed by atoms with E-state index in [0.29, 0.717) is 22.5 Å². The van der Waals surface area contributed by atoms with Crippen LogP contribution in [0.1, 0.15) is 5.56 Å². The van der Waals surface area contributed by atoms with E-state index in [0.717, 1.165) is 0 Å². The van der Waals surface area contributed by atoms with E-state index in [9.17, 15) is 23.9 Å². The van der Waals surface area contributed by atoms with Gasteiger partial charge in [-0.3, -0.25) is 19.1 Å². The fraction of sp³-hybridized carbons (Fsp3) is 0.238. The summed E-state index contributed by atoms with van der Waals surface area (Å²) >= 11 is 0. The van der Waals surface area contributed by atoms with Crippen LogP contribution in [0, 0.1) is 12.7 Å². The van der Waals surface area contributed by atoms with Gasteiger partial charge in [-0.25, -0.2) is 9.18 Å². The van der Waals surface area contributed by atoms with Gasteiger partial charge >= 0.3 is 5.76 Å². The highest BCUT2D eigenvalue weighted by atomic mass is 19.1. The topological polar surface area (TPSA) is 138 Å². The predicted octanol–water partition coefficient (Wildman–Crippen LogP) is 1.21. The maximum Gasteiger partial charge on any atom is 0.439 e. The minimum atomic E-state index is -1.79. The molecule has 1 aliphatic heterocycles. The highest BCUT2D eigenvalue weighted by Crippen LogP contribution is 2.25. The SMILES string of the molecule is Cc1ccc(F)cc1N1CCO[C@H]([C@@H](O)C(=O)Nc2ccc(-c3noc(=O)[nH]3)cc2)C1=O. The zero-order chi connectivity index (χ0) is 22.8. The average Bonchev–Trinajstić information content (AvgIpc) is 3.22. The van der Waals surface area contributed by atoms with Gasteiger partial charge < -0.3 is 20.1 Å². The molecule has 1 fully saturated rings. The van der Waals surface area contributed by atoms with E-state index in [2.05, 4.69) is 20.0 Å². The standard InChI is InChI=1S/C21H19FN4O6/c1-11-2-5-13(22)10-15(11)26-8-9-31-17(20(26)29)16(27)19(28)23-14-6-3-12(4-7-14)18-24-21(30)32-25-18/h2-7,10,16-17,27H,8-9H2,1H3,(H,23,28)(H,24,25,30)/t16-,17-/m1/s1. The second-order valence-corrected chi connectivity index (χ2v) is 7.17. The summed E-state index contributed by atoms with van der Waals surface area (Å²) in [4.78, 5) is 40.2. The molecule has 3 aromatic rings. The van der Waals surface area contributed by atoms with Crippen LogP contribution in [-0.4, -0.2) is 52.4 Å². The van der Waals surface area contributed by atoms with E-state index < -0.39 is 35.6 Å². The lowest BCUT2D eigenvalue weighted by Gasteiger charge is -2.34. The van der Waals surface area contributed by atoms with Crippen molar-refractivity contribution in [2.24, 2.45) is 0 Å². The number of H-pyrrole nitrogens is 1. The molecule has 3 N–H and O–H groups in total. The number of benzene rings is 2. The van der Waals surface area contributed by atoms with Crippen molar-refractivity contribution in [1.82, 2.24) is 10.1 Å². The van der Waals surface area contributed by atoms with Crippen LogP contribution >= 0.6 is 0 Å². The number of nitrogens with one attached hydrogen (secondary N) is 2. The van der Waals surface area contributed by atoms with Gasteiger partial charge in [-0.1, -0.05) is 11.2 Å². The number of carbonyl (C=O) groups is 2. The number of amides is 2. The van der Waals surface area contributed by atoms with Crippen LogP contribution in [0.3, 0.4) is 0 Å². The quantitative estimate of drug-likeness (QED) is 0.540. The molecule has 2 atom stereocenters. The third kappa shape index (κ3) is 4.29. The van der Waals surface area contributed by atoms with Gasteiger partial charge in [0.1, 0.15) is 5.82 Å². The third-order valence-electron chi connectivity index (χ3n) is 5.01. The zero-order valence-corrected chi connectivity index (χ0v) is 16.9. The van der Waals surface area contributed by atoms with Crippen molar-refractivity contribution in [3.05, 3.63) is 64.4 Å². The van der Waals surface area contributed by atoms with Crippen LogP contribution in [0.5, 0.6) is 0 Å². The van der Waals surface area contributed by atoms with Crippen LogP contribution in [0.2, 0.25) is 0 Å². The van der Waals surface area contributed by atoms with Gasteiger partial charge in [-0.2, -0.15) is 0 Å². The van der Waals surface area contributed by atoms with E-state index in [1.54, 1.807) is 25.1 Å². The maximum absolute atomic E-state index is 13.7. The Morgan fingerprint density at radius 3 is 2.72 bits per heavy atom. The average molecular weight is 442 g/mol. The number of aliphatic hydroxyl groups is 1. The largest absolute Gasteiger partial charge is 0.439 e. The molecule has 0 saturated carbocycles. The molecule has 0 aliphatic carbocycles. The second kappa shape index (κ2) is 8.73. The van der Waals surface area contributed by atoms with Crippen molar-refractivity contribution < 1.29 is 28.3 Å². The minimum Gasteiger partial charge on any atom is -0.380 e. The van der Waals surface area contributed by atoms with Crippen LogP contribution in [0.25, 0.3) is 11.4 Å². The Morgan fingerprint density at radius 2 is 2.03 bits per heavy atom. The highest BCUT2D eigenvalue weighted by molar-refractivity contribution is 6.04. The molecule has 10 nitrogen and oxygen atoms in total. The van der Waals surface area contributed by atoms with Crippen molar-refractivity contribution >= 4 is 23.2 Å². The summed E-state index contributed by atoms with van der Waals surface area (Å²) < 4.78 is 23.5. The van der Waals surface area contributed by atoms with Gasteiger partial charge in [-0.15, -0.1) is 0 Å². The molecule has 11 heteroatoms. The maximum atomic E-state index is 13.7. The Labute approximate surface area is 180 Å². The smallest absolute Gasteiger partial charge is 0.380 e. The third-order valence-corrected chi connectivity index (χ3v) is 5.01. The van der Waals surface area contributed by atoms with Crippen LogP contribution in [0.4, 0.5) is 15.8 Å². The number of aliphatic hydroxyl groups excluding tert-OH is 1. The van der Waals surface area contributed by atoms with Crippen LogP contribution in [-0.2, 0) is 14.3 Å². The second-order valence-electron chi connectivity index (χ2n) is 7.17. The Morgan fingerprint density at radius 1 is 1.28 bits per heavy atom. The normalized spacial score (nSPS) is 17.3. The molecule has 0 spiro atoms. The lowest BCUT2D eigenvalue weighted by molar-refractivity contribution is -0.150. The van der Waals surface area contributed by atoms with E-state index >= 15 is 0 Å². The molecule has 2 heterocycles. The Balaban J connectivity index is 1.45. The van der Waals surface area contributed by atoms with Crippen LogP contribution in [0.15, 0.2) is 51.8 Å². The number of halogens is 1. The predicted molar refractivity (Wildman–Crippen MR) is 110 cm³/mol. The molecule has 166 valence electrons. The molecule has 1 aromatic heterocycles. The van der Waals surface area contributed by atoms with Gasteiger partial charge in [0.25, 0.3) is 11.8 Å². The molecule has 0 unspecified atom stereocenters. The number of carbonyl (C=O) groups excluding carboxylic acids is 2. The van der Waals surface area contributed by atoms with Crippen LogP contribution < -0.4 is 16.0 Å². The van der Waals surface area contributed by atoms with E-state index in [1.807, 2.05) is 0 Å². The molecule has 0 bridgehead atoms. The number of hydrogen-bond acceptors (Lipinski definition) is 7. The summed E-state index contributed by atoms with van der Waals surface area (Å²) in [5.74, 6) is -2.46. The number of nitrogens with zero attached hydrogens (tertiary/aromatic N) is 2. The van der Waals surface area contributed by atoms with Crippen molar-refractivity contribution in [3.8, 4) is 11.4 Å². The Kier molecular flexibility index (Phi) is 5.84. The summed E-state index contributed by atoms with van der Waals surface area (Å²) in [6.07, 6.45) is -3.23. The number of morpholine rings is 1. The van der Waals surface area contributed by atoms with Gasteiger partial charge in [0.05, 0.1) is 6.61 Å². The van der Waals surface area contributed by atoms with Gasteiger partial charge in [-0.05, 0) is 48.9 Å². The van der Waals surface area contributed by atoms with Crippen molar-refractivity contribution in [3.63, 3.8) is 0 Å². The fourth-order valence-corrected chi connectivity index (χ4v) is 3.36. The zero-order valence-electron chi connectivity index (χ0n) is 16.9. The summed E-state index contributed by atoms with van der Waals surface area (Å²) in [7, 11) is 0. The minimum absolute atomic E-state index is 0.0707. The molecular formula is C21H19FN4O6. The summed E-state index contributed by atoms with van der Waals surface area (Å²) in [6.45, 7) is 1.97. The number of rotatable bonds is 5. The van der Waals surface area contributed by atoms with Crippen molar-refractivity contribution in [1.29, 1.82) is 0 Å². The van der Waals surface area contributed by atoms with Gasteiger partial charge in [0.2, 0.25) is 0 Å². The molecular weight excluding hydrogens is 423 g/mol. The lowest BCUT2D eigenvalue weighted by Crippen LogP contribution is -2.55. The molecule has 4 rings (SSSR count). The number of aromatic amines is 1. The summed E-state index contributed by atoms with van der Waals surface area (Å²) in [5, 5.41) is 16.5. The fourth-order valence-electron chi connectivity index (χ4n) is 3.36. The molecule has 2 amide bonds. The number of hydrogen-bond donors (Lipinski definition) is 3. The first-order valence-corrected chi connectivity index (χ1v) is 9.68. The van der Waals surface area contributed by atoms with E-state index in [-0.39, 0.29) is 19.0 Å². The van der Waals surface area contributed by atoms with E-state index in [1.165, 1.54) is 29.2 Å². The van der Waals surface area contributed by atoms with Gasteiger partial charge in [0.15, 0.2) is 18.0 Å². The molecule has 2 aromatic carbocycles. The molecule has 1 aliphatic rings. The first-order valence-electron chi connectivity index (χ1n) is 9.68. The lowest BCUT2D eigenvalue weighted by atomic mass is 10.1. The van der Waals surface area contributed by atoms with E-state index in [4.69, 9.17) is 4.74 Å². The Bertz CT molecular complexity index is 1210. The molecule has 1 saturated heterocycles. The molecule has 0 radical (unpaired) electrons.